The zero-order valence-electron chi connectivity index (χ0n) is 9.98. The molecule has 2 nitrogen and oxygen atoms in total. The molecule has 0 bridgehead atoms. The average Bonchev–Trinajstić information content (AvgIpc) is 2.89. The number of hydrogen-bond acceptors (Lipinski definition) is 3. The Morgan fingerprint density at radius 1 is 1.05 bits per heavy atom. The second kappa shape index (κ2) is 5.82. The topological polar surface area (TPSA) is 25.8 Å². The number of benzene rings is 1. The van der Waals surface area contributed by atoms with Crippen molar-refractivity contribution < 1.29 is 0 Å². The lowest BCUT2D eigenvalue weighted by molar-refractivity contribution is 1.17. The number of nitrogens with zero attached hydrogens (tertiary/aromatic N) is 2. The van der Waals surface area contributed by atoms with Crippen molar-refractivity contribution in [3.05, 3.63) is 56.4 Å². The molecule has 0 aliphatic heterocycles. The lowest BCUT2D eigenvalue weighted by atomic mass is 10.1. The number of aromatic nitrogens is 2. The van der Waals surface area contributed by atoms with E-state index in [0.717, 1.165) is 16.1 Å². The molecule has 3 rings (SSSR count). The van der Waals surface area contributed by atoms with Crippen LogP contribution >= 0.6 is 50.5 Å². The predicted molar refractivity (Wildman–Crippen MR) is 88.5 cm³/mol. The molecule has 0 N–H and O–H groups in total. The van der Waals surface area contributed by atoms with Gasteiger partial charge in [-0.2, -0.15) is 0 Å². The van der Waals surface area contributed by atoms with Gasteiger partial charge in [0, 0.05) is 10.9 Å². The monoisotopic (exact) mass is 384 g/mol. The fourth-order valence-corrected chi connectivity index (χ4v) is 3.33. The van der Waals surface area contributed by atoms with Crippen molar-refractivity contribution in [1.29, 1.82) is 0 Å². The summed E-state index contributed by atoms with van der Waals surface area (Å²) >= 11 is 17.1. The fourth-order valence-electron chi connectivity index (χ4n) is 1.75. The van der Waals surface area contributed by atoms with E-state index in [9.17, 15) is 0 Å². The second-order valence-electron chi connectivity index (χ2n) is 4.00. The van der Waals surface area contributed by atoms with E-state index in [0.29, 0.717) is 20.5 Å². The normalized spacial score (nSPS) is 10.8. The Morgan fingerprint density at radius 3 is 2.45 bits per heavy atom. The maximum atomic E-state index is 6.20. The van der Waals surface area contributed by atoms with Gasteiger partial charge in [-0.15, -0.1) is 11.3 Å². The number of thiophene rings is 1. The first-order valence-corrected chi connectivity index (χ1v) is 8.11. The Labute approximate surface area is 138 Å². The van der Waals surface area contributed by atoms with Crippen LogP contribution in [0.3, 0.4) is 0 Å². The summed E-state index contributed by atoms with van der Waals surface area (Å²) in [6.07, 6.45) is 0. The van der Waals surface area contributed by atoms with Crippen molar-refractivity contribution in [2.24, 2.45) is 0 Å². The maximum Gasteiger partial charge on any atom is 0.171 e. The maximum absolute atomic E-state index is 6.20. The Bertz CT molecular complexity index is 759. The summed E-state index contributed by atoms with van der Waals surface area (Å²) in [7, 11) is 0. The van der Waals surface area contributed by atoms with Gasteiger partial charge in [0.25, 0.3) is 0 Å². The first-order valence-electron chi connectivity index (χ1n) is 5.68. The molecule has 0 saturated heterocycles. The molecule has 0 saturated carbocycles. The summed E-state index contributed by atoms with van der Waals surface area (Å²) in [4.78, 5) is 9.79. The third kappa shape index (κ3) is 2.74. The van der Waals surface area contributed by atoms with Crippen LogP contribution in [-0.2, 0) is 0 Å². The minimum atomic E-state index is 0.387. The average molecular weight is 386 g/mol. The third-order valence-electron chi connectivity index (χ3n) is 2.65. The number of rotatable bonds is 2. The smallest absolute Gasteiger partial charge is 0.171 e. The van der Waals surface area contributed by atoms with Crippen LogP contribution < -0.4 is 0 Å². The molecule has 6 heteroatoms. The van der Waals surface area contributed by atoms with Crippen LogP contribution in [0.15, 0.2) is 46.3 Å². The second-order valence-corrected chi connectivity index (χ2v) is 6.49. The highest BCUT2D eigenvalue weighted by Crippen LogP contribution is 2.35. The molecule has 0 aliphatic carbocycles. The van der Waals surface area contributed by atoms with Crippen molar-refractivity contribution in [1.82, 2.24) is 9.97 Å². The molecule has 100 valence electrons. The highest BCUT2D eigenvalue weighted by atomic mass is 79.9. The van der Waals surface area contributed by atoms with E-state index >= 15 is 0 Å². The number of hydrogen-bond donors (Lipinski definition) is 0. The quantitative estimate of drug-likeness (QED) is 0.510. The van der Waals surface area contributed by atoms with Gasteiger partial charge >= 0.3 is 0 Å². The molecule has 0 aliphatic rings. The molecule has 0 radical (unpaired) electrons. The molecule has 1 aromatic carbocycles. The lowest BCUT2D eigenvalue weighted by Crippen LogP contribution is -1.94. The molecule has 0 amide bonds. The van der Waals surface area contributed by atoms with Gasteiger partial charge in [-0.25, -0.2) is 9.97 Å². The summed E-state index contributed by atoms with van der Waals surface area (Å²) in [6, 6.07) is 11.7. The summed E-state index contributed by atoms with van der Waals surface area (Å²) in [6.45, 7) is 0. The van der Waals surface area contributed by atoms with E-state index in [-0.39, 0.29) is 0 Å². The van der Waals surface area contributed by atoms with Crippen LogP contribution in [0.4, 0.5) is 0 Å². The highest BCUT2D eigenvalue weighted by molar-refractivity contribution is 9.10. The Morgan fingerprint density at radius 2 is 1.80 bits per heavy atom. The molecular formula is C14H7BrCl2N2S. The molecule has 0 unspecified atom stereocenters. The molecule has 2 heterocycles. The zero-order chi connectivity index (χ0) is 14.1. The number of halogens is 3. The summed E-state index contributed by atoms with van der Waals surface area (Å²) in [5.41, 5.74) is 1.75. The van der Waals surface area contributed by atoms with Gasteiger partial charge in [-0.05, 0) is 22.0 Å². The fraction of sp³-hybridized carbons (Fsp3) is 0. The van der Waals surface area contributed by atoms with Gasteiger partial charge in [0.2, 0.25) is 0 Å². The predicted octanol–water partition coefficient (Wildman–Crippen LogP) is 5.94. The summed E-state index contributed by atoms with van der Waals surface area (Å²) < 4.78 is 0.691. The van der Waals surface area contributed by atoms with E-state index in [2.05, 4.69) is 25.9 Å². The van der Waals surface area contributed by atoms with Crippen molar-refractivity contribution in [2.75, 3.05) is 0 Å². The van der Waals surface area contributed by atoms with E-state index < -0.39 is 0 Å². The van der Waals surface area contributed by atoms with Crippen molar-refractivity contribution in [3.63, 3.8) is 0 Å². The summed E-state index contributed by atoms with van der Waals surface area (Å²) in [5, 5.41) is 2.91. The first kappa shape index (κ1) is 14.0. The minimum absolute atomic E-state index is 0.387. The molecule has 20 heavy (non-hydrogen) atoms. The molecular weight excluding hydrogens is 379 g/mol. The lowest BCUT2D eigenvalue weighted by Gasteiger charge is -2.07. The Hall–Kier alpha value is -0.940. The van der Waals surface area contributed by atoms with Crippen LogP contribution in [-0.4, -0.2) is 9.97 Å². The van der Waals surface area contributed by atoms with Gasteiger partial charge in [-0.1, -0.05) is 53.5 Å². The Balaban J connectivity index is 2.18. The van der Waals surface area contributed by atoms with Crippen LogP contribution in [0.2, 0.25) is 10.2 Å². The standard InChI is InChI=1S/C14H7BrCl2N2S/c15-11-12(8-4-2-1-3-5-8)18-14(19-13(11)17)10-6-9(16)7-20-10/h1-7H. The highest BCUT2D eigenvalue weighted by Gasteiger charge is 2.14. The molecule has 2 aromatic heterocycles. The van der Waals surface area contributed by atoms with Crippen LogP contribution in [0.5, 0.6) is 0 Å². The van der Waals surface area contributed by atoms with Crippen molar-refractivity contribution in [2.45, 2.75) is 0 Å². The van der Waals surface area contributed by atoms with Gasteiger partial charge in [0.15, 0.2) is 5.82 Å². The van der Waals surface area contributed by atoms with E-state index in [1.54, 1.807) is 0 Å². The largest absolute Gasteiger partial charge is 0.226 e. The Kier molecular flexibility index (Phi) is 4.08. The van der Waals surface area contributed by atoms with Crippen molar-refractivity contribution >= 4 is 50.5 Å². The van der Waals surface area contributed by atoms with Crippen molar-refractivity contribution in [3.8, 4) is 22.0 Å². The SMILES string of the molecule is Clc1csc(-c2nc(Cl)c(Br)c(-c3ccccc3)n2)c1. The first-order chi connectivity index (χ1) is 9.65. The van der Waals surface area contributed by atoms with E-state index in [1.807, 2.05) is 41.8 Å². The third-order valence-corrected chi connectivity index (χ3v) is 5.17. The van der Waals surface area contributed by atoms with Gasteiger partial charge in [0.05, 0.1) is 20.1 Å². The minimum Gasteiger partial charge on any atom is -0.226 e. The summed E-state index contributed by atoms with van der Waals surface area (Å²) in [5.74, 6) is 0.578. The molecule has 0 atom stereocenters. The van der Waals surface area contributed by atoms with E-state index in [4.69, 9.17) is 23.2 Å². The zero-order valence-corrected chi connectivity index (χ0v) is 13.9. The van der Waals surface area contributed by atoms with Crippen LogP contribution in [0.25, 0.3) is 22.0 Å². The van der Waals surface area contributed by atoms with Crippen LogP contribution in [0.1, 0.15) is 0 Å². The molecule has 0 fully saturated rings. The van der Waals surface area contributed by atoms with Crippen LogP contribution in [0, 0.1) is 0 Å². The molecule has 0 spiro atoms. The van der Waals surface area contributed by atoms with Gasteiger partial charge in [-0.3, -0.25) is 0 Å². The van der Waals surface area contributed by atoms with Gasteiger partial charge < -0.3 is 0 Å². The van der Waals surface area contributed by atoms with Gasteiger partial charge in [0.1, 0.15) is 5.15 Å². The van der Waals surface area contributed by atoms with E-state index in [1.165, 1.54) is 11.3 Å². The molecule has 3 aromatic rings.